The van der Waals surface area contributed by atoms with Gasteiger partial charge in [-0.3, -0.25) is 9.59 Å². The highest BCUT2D eigenvalue weighted by Crippen LogP contribution is 2.30. The molecule has 5 nitrogen and oxygen atoms in total. The molecular weight excluding hydrogens is 369 g/mol. The molecule has 1 aliphatic carbocycles. The second-order valence-electron chi connectivity index (χ2n) is 6.25. The number of thiophene rings is 1. The molecule has 0 radical (unpaired) electrons. The summed E-state index contributed by atoms with van der Waals surface area (Å²) in [6.45, 7) is -0.421. The van der Waals surface area contributed by atoms with Crippen molar-refractivity contribution in [1.29, 1.82) is 0 Å². The van der Waals surface area contributed by atoms with Crippen LogP contribution >= 0.6 is 11.3 Å². The molecule has 1 fully saturated rings. The topological polar surface area (TPSA) is 58.6 Å². The molecule has 2 rings (SSSR count). The molecule has 1 saturated carbocycles. The second-order valence-corrected chi connectivity index (χ2v) is 7.23. The third kappa shape index (κ3) is 5.44. The summed E-state index contributed by atoms with van der Waals surface area (Å²) in [6, 6.07) is 1.83. The summed E-state index contributed by atoms with van der Waals surface area (Å²) in [5.74, 6) is -2.61. The molecule has 1 N–H and O–H groups in total. The zero-order chi connectivity index (χ0) is 19.2. The second kappa shape index (κ2) is 9.36. The Balaban J connectivity index is 2.27. The predicted octanol–water partition coefficient (Wildman–Crippen LogP) is 3.28. The molecule has 1 aromatic rings. The first kappa shape index (κ1) is 20.7. The molecule has 0 bridgehead atoms. The molecule has 26 heavy (non-hydrogen) atoms. The van der Waals surface area contributed by atoms with Crippen molar-refractivity contribution < 1.29 is 27.5 Å². The highest BCUT2D eigenvalue weighted by atomic mass is 32.1. The molecule has 2 amide bonds. The molecule has 1 heterocycles. The number of ether oxygens (including phenoxy) is 1. The Hall–Kier alpha value is -1.61. The first-order chi connectivity index (χ1) is 12.3. The van der Waals surface area contributed by atoms with Crippen LogP contribution in [0, 0.1) is 0 Å². The van der Waals surface area contributed by atoms with E-state index in [9.17, 15) is 22.8 Å². The molecule has 0 saturated heterocycles. The first-order valence-corrected chi connectivity index (χ1v) is 9.43. The predicted molar refractivity (Wildman–Crippen MR) is 91.7 cm³/mol. The Morgan fingerprint density at radius 3 is 2.58 bits per heavy atom. The summed E-state index contributed by atoms with van der Waals surface area (Å²) < 4.78 is 44.1. The number of carbonyl (C=O) groups is 2. The van der Waals surface area contributed by atoms with Gasteiger partial charge in [0.1, 0.15) is 6.04 Å². The van der Waals surface area contributed by atoms with E-state index in [2.05, 4.69) is 5.32 Å². The van der Waals surface area contributed by atoms with Gasteiger partial charge >= 0.3 is 12.1 Å². The maximum atomic E-state index is 13.1. The lowest BCUT2D eigenvalue weighted by Gasteiger charge is -2.32. The van der Waals surface area contributed by atoms with E-state index in [1.54, 1.807) is 17.5 Å². The summed E-state index contributed by atoms with van der Waals surface area (Å²) in [5, 5.41) is 4.51. The van der Waals surface area contributed by atoms with Crippen molar-refractivity contribution in [2.45, 2.75) is 50.4 Å². The minimum atomic E-state index is -5.06. The Kier molecular flexibility index (Phi) is 7.45. The van der Waals surface area contributed by atoms with Crippen molar-refractivity contribution >= 4 is 23.2 Å². The zero-order valence-corrected chi connectivity index (χ0v) is 15.4. The number of rotatable bonds is 7. The Morgan fingerprint density at radius 2 is 2.04 bits per heavy atom. The highest BCUT2D eigenvalue weighted by Gasteiger charge is 2.46. The van der Waals surface area contributed by atoms with Gasteiger partial charge in [0.15, 0.2) is 0 Å². The first-order valence-electron chi connectivity index (χ1n) is 8.55. The molecule has 9 heteroatoms. The van der Waals surface area contributed by atoms with E-state index in [0.717, 1.165) is 43.4 Å². The maximum Gasteiger partial charge on any atom is 0.471 e. The quantitative estimate of drug-likeness (QED) is 0.775. The van der Waals surface area contributed by atoms with Gasteiger partial charge in [-0.1, -0.05) is 25.3 Å². The van der Waals surface area contributed by atoms with Crippen molar-refractivity contribution in [2.24, 2.45) is 0 Å². The third-order valence-corrected chi connectivity index (χ3v) is 5.29. The van der Waals surface area contributed by atoms with Crippen LogP contribution in [0.3, 0.4) is 0 Å². The SMILES string of the molecule is COCCN(C(=O)C(F)(F)F)C(C(=O)NC1CCCCC1)c1cccs1. The summed E-state index contributed by atoms with van der Waals surface area (Å²) in [7, 11) is 1.33. The van der Waals surface area contributed by atoms with Gasteiger partial charge in [0.05, 0.1) is 6.61 Å². The van der Waals surface area contributed by atoms with E-state index in [1.165, 1.54) is 7.11 Å². The fourth-order valence-electron chi connectivity index (χ4n) is 3.10. The van der Waals surface area contributed by atoms with Gasteiger partial charge in [0, 0.05) is 24.6 Å². The van der Waals surface area contributed by atoms with E-state index < -0.39 is 24.0 Å². The number of hydrogen-bond donors (Lipinski definition) is 1. The number of methoxy groups -OCH3 is 1. The minimum absolute atomic E-state index is 0.0658. The van der Waals surface area contributed by atoms with Gasteiger partial charge in [0.2, 0.25) is 5.91 Å². The Labute approximate surface area is 154 Å². The lowest BCUT2D eigenvalue weighted by Crippen LogP contribution is -2.51. The van der Waals surface area contributed by atoms with Gasteiger partial charge in [0.25, 0.3) is 0 Å². The lowest BCUT2D eigenvalue weighted by atomic mass is 9.95. The molecule has 0 aliphatic heterocycles. The van der Waals surface area contributed by atoms with Crippen LogP contribution in [0.25, 0.3) is 0 Å². The van der Waals surface area contributed by atoms with E-state index >= 15 is 0 Å². The van der Waals surface area contributed by atoms with E-state index in [1.807, 2.05) is 0 Å². The molecular formula is C17H23F3N2O3S. The standard InChI is InChI=1S/C17H23F3N2O3S/c1-25-10-9-22(16(24)17(18,19)20)14(13-8-5-11-26-13)15(23)21-12-6-3-2-4-7-12/h5,8,11-12,14H,2-4,6-7,9-10H2,1H3,(H,21,23). The zero-order valence-electron chi connectivity index (χ0n) is 14.6. The number of nitrogens with one attached hydrogen (secondary N) is 1. The number of carbonyl (C=O) groups excluding carboxylic acids is 2. The molecule has 1 aromatic heterocycles. The molecule has 1 atom stereocenters. The summed E-state index contributed by atoms with van der Waals surface area (Å²) in [5.41, 5.74) is 0. The van der Waals surface area contributed by atoms with Crippen LogP contribution in [-0.2, 0) is 14.3 Å². The van der Waals surface area contributed by atoms with Crippen LogP contribution in [-0.4, -0.2) is 49.2 Å². The molecule has 0 spiro atoms. The monoisotopic (exact) mass is 392 g/mol. The molecule has 146 valence electrons. The minimum Gasteiger partial charge on any atom is -0.383 e. The van der Waals surface area contributed by atoms with Crippen LogP contribution in [0.4, 0.5) is 13.2 Å². The van der Waals surface area contributed by atoms with Gasteiger partial charge in [-0.2, -0.15) is 13.2 Å². The largest absolute Gasteiger partial charge is 0.471 e. The van der Waals surface area contributed by atoms with Gasteiger partial charge in [-0.05, 0) is 24.3 Å². The average molecular weight is 392 g/mol. The van der Waals surface area contributed by atoms with Crippen LogP contribution in [0.1, 0.15) is 43.0 Å². The van der Waals surface area contributed by atoms with E-state index in [-0.39, 0.29) is 19.2 Å². The fourth-order valence-corrected chi connectivity index (χ4v) is 3.93. The lowest BCUT2D eigenvalue weighted by molar-refractivity contribution is -0.189. The van der Waals surface area contributed by atoms with Gasteiger partial charge < -0.3 is 15.0 Å². The van der Waals surface area contributed by atoms with Crippen molar-refractivity contribution in [3.05, 3.63) is 22.4 Å². The number of amides is 2. The van der Waals surface area contributed by atoms with Crippen LogP contribution in [0.2, 0.25) is 0 Å². The van der Waals surface area contributed by atoms with Crippen LogP contribution in [0.15, 0.2) is 17.5 Å². The number of halogens is 3. The van der Waals surface area contributed by atoms with Crippen molar-refractivity contribution in [2.75, 3.05) is 20.3 Å². The maximum absolute atomic E-state index is 13.1. The average Bonchev–Trinajstić information content (AvgIpc) is 3.11. The van der Waals surface area contributed by atoms with Crippen LogP contribution in [0.5, 0.6) is 0 Å². The summed E-state index contributed by atoms with van der Waals surface area (Å²) in [4.78, 5) is 25.8. The smallest absolute Gasteiger partial charge is 0.383 e. The molecule has 1 aliphatic rings. The van der Waals surface area contributed by atoms with Crippen molar-refractivity contribution in [3.8, 4) is 0 Å². The van der Waals surface area contributed by atoms with Crippen molar-refractivity contribution in [1.82, 2.24) is 10.2 Å². The van der Waals surface area contributed by atoms with E-state index in [4.69, 9.17) is 4.74 Å². The van der Waals surface area contributed by atoms with Crippen LogP contribution < -0.4 is 5.32 Å². The van der Waals surface area contributed by atoms with Gasteiger partial charge in [-0.15, -0.1) is 11.3 Å². The molecule has 1 unspecified atom stereocenters. The number of hydrogen-bond acceptors (Lipinski definition) is 4. The van der Waals surface area contributed by atoms with Crippen molar-refractivity contribution in [3.63, 3.8) is 0 Å². The van der Waals surface area contributed by atoms with E-state index in [0.29, 0.717) is 9.78 Å². The summed E-state index contributed by atoms with van der Waals surface area (Å²) >= 11 is 1.15. The highest BCUT2D eigenvalue weighted by molar-refractivity contribution is 7.10. The van der Waals surface area contributed by atoms with Gasteiger partial charge in [-0.25, -0.2) is 0 Å². The molecule has 0 aromatic carbocycles. The third-order valence-electron chi connectivity index (χ3n) is 4.36. The number of alkyl halides is 3. The fraction of sp³-hybridized carbons (Fsp3) is 0.647. The normalized spacial score (nSPS) is 16.9. The number of nitrogens with zero attached hydrogens (tertiary/aromatic N) is 1. The summed E-state index contributed by atoms with van der Waals surface area (Å²) in [6.07, 6.45) is -0.420. The Bertz CT molecular complexity index is 587. The Morgan fingerprint density at radius 1 is 1.35 bits per heavy atom.